The Labute approximate surface area is 216 Å². The third kappa shape index (κ3) is 7.28. The first-order valence-corrected chi connectivity index (χ1v) is 11.8. The number of aryl methyl sites for hydroxylation is 1. The van der Waals surface area contributed by atoms with Gasteiger partial charge in [0.1, 0.15) is 29.5 Å². The summed E-state index contributed by atoms with van der Waals surface area (Å²) in [4.78, 5) is 16.4. The molecule has 2 aromatic carbocycles. The first kappa shape index (κ1) is 27.0. The van der Waals surface area contributed by atoms with Crippen LogP contribution in [0.5, 0.6) is 17.2 Å². The van der Waals surface area contributed by atoms with E-state index in [1.807, 2.05) is 12.1 Å². The van der Waals surface area contributed by atoms with Gasteiger partial charge in [-0.1, -0.05) is 0 Å². The Balaban J connectivity index is 1.27. The first-order chi connectivity index (χ1) is 17.9. The maximum absolute atomic E-state index is 12.3. The molecule has 1 saturated heterocycles. The molecule has 13 heteroatoms. The van der Waals surface area contributed by atoms with Gasteiger partial charge in [-0.3, -0.25) is 0 Å². The number of aliphatic hydroxyl groups is 1. The van der Waals surface area contributed by atoms with E-state index in [9.17, 15) is 28.4 Å². The number of benzene rings is 2. The third-order valence-corrected chi connectivity index (χ3v) is 5.96. The lowest BCUT2D eigenvalue weighted by Gasteiger charge is -2.34. The van der Waals surface area contributed by atoms with Crippen molar-refractivity contribution in [3.63, 3.8) is 0 Å². The van der Waals surface area contributed by atoms with E-state index in [2.05, 4.69) is 14.6 Å². The quantitative estimate of drug-likeness (QED) is 0.235. The van der Waals surface area contributed by atoms with Gasteiger partial charge in [0.15, 0.2) is 0 Å². The van der Waals surface area contributed by atoms with Crippen molar-refractivity contribution in [2.75, 3.05) is 18.0 Å². The van der Waals surface area contributed by atoms with Gasteiger partial charge >= 0.3 is 12.2 Å². The average Bonchev–Trinajstić information content (AvgIpc) is 3.20. The zero-order chi connectivity index (χ0) is 27.5. The summed E-state index contributed by atoms with van der Waals surface area (Å²) in [6, 6.07) is 12.6. The molecule has 3 aromatic rings. The Bertz CT molecular complexity index is 1240. The Hall–Kier alpha value is -4.00. The van der Waals surface area contributed by atoms with Crippen molar-refractivity contribution in [3.8, 4) is 17.2 Å². The lowest BCUT2D eigenvalue weighted by molar-refractivity contribution is -0.389. The highest BCUT2D eigenvalue weighted by molar-refractivity contribution is 5.49. The average molecular weight is 537 g/mol. The normalized spacial score (nSPS) is 16.1. The number of hydrogen-bond donors (Lipinski definition) is 1. The number of piperidine rings is 1. The number of aromatic nitrogens is 2. The largest absolute Gasteiger partial charge is 0.573 e. The van der Waals surface area contributed by atoms with E-state index in [4.69, 9.17) is 9.47 Å². The maximum atomic E-state index is 12.3. The number of anilines is 1. The summed E-state index contributed by atoms with van der Waals surface area (Å²) in [5.74, 6) is -0.933. The highest BCUT2D eigenvalue weighted by atomic mass is 19.4. The minimum absolute atomic E-state index is 0.0486. The molecular weight excluding hydrogens is 509 g/mol. The predicted octanol–water partition coefficient (Wildman–Crippen LogP) is 4.83. The predicted molar refractivity (Wildman–Crippen MR) is 130 cm³/mol. The molecule has 1 aliphatic rings. The second kappa shape index (κ2) is 10.8. The van der Waals surface area contributed by atoms with Crippen LogP contribution < -0.4 is 19.1 Å². The highest BCUT2D eigenvalue weighted by Gasteiger charge is 2.31. The second-order valence-corrected chi connectivity index (χ2v) is 9.13. The molecule has 2 heterocycles. The Kier molecular flexibility index (Phi) is 7.67. The first-order valence-electron chi connectivity index (χ1n) is 11.8. The van der Waals surface area contributed by atoms with Crippen molar-refractivity contribution in [3.05, 3.63) is 70.7 Å². The lowest BCUT2D eigenvalue weighted by atomic mass is 10.1. The number of imidazole rings is 1. The SMILES string of the molecule is Cc1nc([N+](=O)[O-])cn1C[C@@](C)(O)Oc1ccc(N2CCC(Oc3ccc(OC(F)(F)F)cc3)CC2)cc1. The Morgan fingerprint density at radius 1 is 1.03 bits per heavy atom. The molecule has 0 spiro atoms. The van der Waals surface area contributed by atoms with E-state index in [1.54, 1.807) is 19.1 Å². The molecule has 1 N–H and O–H groups in total. The Morgan fingerprint density at radius 3 is 2.13 bits per heavy atom. The maximum Gasteiger partial charge on any atom is 0.573 e. The van der Waals surface area contributed by atoms with Gasteiger partial charge in [0.05, 0.1) is 6.54 Å². The van der Waals surface area contributed by atoms with Crippen LogP contribution in [-0.4, -0.2) is 50.9 Å². The summed E-state index contributed by atoms with van der Waals surface area (Å²) in [5, 5.41) is 21.6. The molecule has 38 heavy (non-hydrogen) atoms. The van der Waals surface area contributed by atoms with Crippen molar-refractivity contribution in [1.29, 1.82) is 0 Å². The van der Waals surface area contributed by atoms with E-state index < -0.39 is 17.1 Å². The molecule has 4 rings (SSSR count). The van der Waals surface area contributed by atoms with Crippen LogP contribution in [0.25, 0.3) is 0 Å². The number of rotatable bonds is 9. The fraction of sp³-hybridized carbons (Fsp3) is 0.400. The van der Waals surface area contributed by atoms with E-state index in [1.165, 1.54) is 42.0 Å². The fourth-order valence-electron chi connectivity index (χ4n) is 4.21. The monoisotopic (exact) mass is 536 g/mol. The van der Waals surface area contributed by atoms with Gasteiger partial charge in [-0.15, -0.1) is 13.2 Å². The zero-order valence-corrected chi connectivity index (χ0v) is 20.7. The van der Waals surface area contributed by atoms with Crippen LogP contribution in [-0.2, 0) is 6.54 Å². The van der Waals surface area contributed by atoms with Gasteiger partial charge in [-0.25, -0.2) is 0 Å². The van der Waals surface area contributed by atoms with Crippen molar-refractivity contribution in [2.24, 2.45) is 0 Å². The molecule has 0 radical (unpaired) electrons. The number of hydrogen-bond acceptors (Lipinski definition) is 8. The second-order valence-electron chi connectivity index (χ2n) is 9.13. The molecule has 10 nitrogen and oxygen atoms in total. The number of alkyl halides is 3. The minimum Gasteiger partial charge on any atom is -0.490 e. The van der Waals surface area contributed by atoms with Gasteiger partial charge in [-0.05, 0) is 58.4 Å². The molecule has 0 saturated carbocycles. The molecule has 204 valence electrons. The van der Waals surface area contributed by atoms with Gasteiger partial charge in [0.25, 0.3) is 0 Å². The molecule has 0 bridgehead atoms. The number of nitrogens with zero attached hydrogens (tertiary/aromatic N) is 4. The molecular formula is C25H27F3N4O6. The number of nitro groups is 1. The molecule has 0 aliphatic carbocycles. The van der Waals surface area contributed by atoms with E-state index in [0.717, 1.165) is 31.6 Å². The number of ether oxygens (including phenoxy) is 3. The van der Waals surface area contributed by atoms with Crippen LogP contribution in [0.2, 0.25) is 0 Å². The van der Waals surface area contributed by atoms with Crippen LogP contribution in [0, 0.1) is 17.0 Å². The van der Waals surface area contributed by atoms with Crippen LogP contribution in [0.15, 0.2) is 54.7 Å². The molecule has 0 amide bonds. The van der Waals surface area contributed by atoms with Gasteiger partial charge < -0.3 is 38.9 Å². The van der Waals surface area contributed by atoms with Gasteiger partial charge in [0.2, 0.25) is 11.6 Å². The molecule has 0 unspecified atom stereocenters. The van der Waals surface area contributed by atoms with E-state index >= 15 is 0 Å². The smallest absolute Gasteiger partial charge is 0.490 e. The van der Waals surface area contributed by atoms with Crippen LogP contribution in [0.1, 0.15) is 25.6 Å². The van der Waals surface area contributed by atoms with Crippen LogP contribution in [0.3, 0.4) is 0 Å². The fourth-order valence-corrected chi connectivity index (χ4v) is 4.21. The standard InChI is InChI=1S/C25H27F3N4O6/c1-17-29-23(32(34)35)15-31(17)16-24(2,33)37-21-5-3-18(4-6-21)30-13-11-20(12-14-30)36-19-7-9-22(10-8-19)38-25(26,27)28/h3-10,15,20,33H,11-14,16H2,1-2H3/t24-/m0/s1. The minimum atomic E-state index is -4.73. The highest BCUT2D eigenvalue weighted by Crippen LogP contribution is 2.29. The third-order valence-electron chi connectivity index (χ3n) is 5.96. The summed E-state index contributed by atoms with van der Waals surface area (Å²) < 4.78 is 53.9. The van der Waals surface area contributed by atoms with E-state index in [-0.39, 0.29) is 24.2 Å². The summed E-state index contributed by atoms with van der Waals surface area (Å²) in [6.07, 6.45) is -2.10. The summed E-state index contributed by atoms with van der Waals surface area (Å²) in [7, 11) is 0. The Morgan fingerprint density at radius 2 is 1.58 bits per heavy atom. The molecule has 1 fully saturated rings. The van der Waals surface area contributed by atoms with E-state index in [0.29, 0.717) is 17.3 Å². The van der Waals surface area contributed by atoms with Gasteiger partial charge in [0, 0.05) is 45.5 Å². The van der Waals surface area contributed by atoms with Gasteiger partial charge in [-0.2, -0.15) is 0 Å². The van der Waals surface area contributed by atoms with Crippen LogP contribution >= 0.6 is 0 Å². The molecule has 1 aromatic heterocycles. The number of halogens is 3. The van der Waals surface area contributed by atoms with Crippen molar-refractivity contribution in [2.45, 2.75) is 51.5 Å². The van der Waals surface area contributed by atoms with Crippen LogP contribution in [0.4, 0.5) is 24.7 Å². The summed E-state index contributed by atoms with van der Waals surface area (Å²) in [6.45, 7) is 4.46. The van der Waals surface area contributed by atoms with Crippen molar-refractivity contribution in [1.82, 2.24) is 9.55 Å². The molecule has 1 atom stereocenters. The summed E-state index contributed by atoms with van der Waals surface area (Å²) in [5.41, 5.74) is 0.963. The van der Waals surface area contributed by atoms with Crippen molar-refractivity contribution < 1.29 is 37.4 Å². The molecule has 1 aliphatic heterocycles. The van der Waals surface area contributed by atoms with Crippen molar-refractivity contribution >= 4 is 11.5 Å². The summed E-state index contributed by atoms with van der Waals surface area (Å²) >= 11 is 0. The zero-order valence-electron chi connectivity index (χ0n) is 20.7. The topological polar surface area (TPSA) is 112 Å². The lowest BCUT2D eigenvalue weighted by Crippen LogP contribution is -2.38.